The van der Waals surface area contributed by atoms with Crippen molar-refractivity contribution in [2.75, 3.05) is 7.11 Å². The number of carboxylic acid groups (broad SMARTS) is 1. The average Bonchev–Trinajstić information content (AvgIpc) is 2.77. The van der Waals surface area contributed by atoms with Crippen LogP contribution in [0.15, 0.2) is 42.5 Å². The topological polar surface area (TPSA) is 89.9 Å². The van der Waals surface area contributed by atoms with Gasteiger partial charge in [-0.05, 0) is 35.4 Å². The highest BCUT2D eigenvalue weighted by molar-refractivity contribution is 6.12. The number of esters is 1. The second-order valence-corrected chi connectivity index (χ2v) is 5.79. The summed E-state index contributed by atoms with van der Waals surface area (Å²) >= 11 is 0. The van der Waals surface area contributed by atoms with Crippen LogP contribution in [-0.2, 0) is 27.4 Å². The van der Waals surface area contributed by atoms with Crippen LogP contribution in [0.3, 0.4) is 0 Å². The summed E-state index contributed by atoms with van der Waals surface area (Å²) in [5.41, 5.74) is 2.79. The Labute approximate surface area is 149 Å². The molecule has 26 heavy (non-hydrogen) atoms. The third kappa shape index (κ3) is 3.64. The van der Waals surface area contributed by atoms with Gasteiger partial charge in [0.15, 0.2) is 5.78 Å². The molecule has 0 saturated heterocycles. The Morgan fingerprint density at radius 2 is 2.00 bits per heavy atom. The molecule has 0 fully saturated rings. The minimum absolute atomic E-state index is 0.0608. The molecule has 0 spiro atoms. The van der Waals surface area contributed by atoms with Crippen LogP contribution in [0.5, 0.6) is 5.75 Å². The minimum Gasteiger partial charge on any atom is -0.488 e. The molecule has 6 nitrogen and oxygen atoms in total. The SMILES string of the molecule is COC(=O)Cc1ccc2c(c1)C(=O)c1cc(/C=C/C(=O)O)ccc1CO2. The fourth-order valence-corrected chi connectivity index (χ4v) is 2.73. The summed E-state index contributed by atoms with van der Waals surface area (Å²) in [6.07, 6.45) is 2.50. The normalized spacial score (nSPS) is 12.7. The van der Waals surface area contributed by atoms with Crippen molar-refractivity contribution in [3.63, 3.8) is 0 Å². The van der Waals surface area contributed by atoms with Gasteiger partial charge >= 0.3 is 11.9 Å². The van der Waals surface area contributed by atoms with Crippen LogP contribution in [0.1, 0.15) is 32.6 Å². The number of carbonyl (C=O) groups is 3. The van der Waals surface area contributed by atoms with E-state index in [9.17, 15) is 14.4 Å². The third-order valence-corrected chi connectivity index (χ3v) is 4.04. The summed E-state index contributed by atoms with van der Waals surface area (Å²) in [6, 6.07) is 10.1. The number of ketones is 1. The van der Waals surface area contributed by atoms with Gasteiger partial charge in [0.2, 0.25) is 0 Å². The number of fused-ring (bicyclic) bond motifs is 2. The summed E-state index contributed by atoms with van der Waals surface area (Å²) in [5.74, 6) is -1.24. The van der Waals surface area contributed by atoms with Gasteiger partial charge in [0, 0.05) is 17.2 Å². The van der Waals surface area contributed by atoms with Crippen molar-refractivity contribution in [1.29, 1.82) is 0 Å². The van der Waals surface area contributed by atoms with Crippen LogP contribution in [0, 0.1) is 0 Å². The van der Waals surface area contributed by atoms with E-state index in [0.717, 1.165) is 6.08 Å². The number of ether oxygens (including phenoxy) is 2. The number of methoxy groups -OCH3 is 1. The van der Waals surface area contributed by atoms with Crippen LogP contribution < -0.4 is 4.74 Å². The van der Waals surface area contributed by atoms with E-state index in [-0.39, 0.29) is 18.8 Å². The van der Waals surface area contributed by atoms with Crippen LogP contribution >= 0.6 is 0 Å². The van der Waals surface area contributed by atoms with Gasteiger partial charge < -0.3 is 14.6 Å². The van der Waals surface area contributed by atoms with E-state index in [4.69, 9.17) is 9.84 Å². The molecule has 0 aromatic heterocycles. The number of carboxylic acids is 1. The van der Waals surface area contributed by atoms with Gasteiger partial charge in [0.05, 0.1) is 19.1 Å². The lowest BCUT2D eigenvalue weighted by Gasteiger charge is -2.08. The number of carbonyl (C=O) groups excluding carboxylic acids is 2. The molecule has 0 amide bonds. The largest absolute Gasteiger partial charge is 0.488 e. The van der Waals surface area contributed by atoms with Gasteiger partial charge in [-0.15, -0.1) is 0 Å². The maximum atomic E-state index is 13.0. The highest BCUT2D eigenvalue weighted by Crippen LogP contribution is 2.30. The molecule has 132 valence electrons. The molecule has 1 N–H and O–H groups in total. The van der Waals surface area contributed by atoms with Gasteiger partial charge in [-0.1, -0.05) is 18.2 Å². The van der Waals surface area contributed by atoms with Crippen molar-refractivity contribution in [2.45, 2.75) is 13.0 Å². The fraction of sp³-hybridized carbons (Fsp3) is 0.150. The van der Waals surface area contributed by atoms with Crippen molar-refractivity contribution in [3.05, 3.63) is 70.3 Å². The fourth-order valence-electron chi connectivity index (χ4n) is 2.73. The van der Waals surface area contributed by atoms with Crippen LogP contribution in [0.4, 0.5) is 0 Å². The van der Waals surface area contributed by atoms with E-state index in [1.54, 1.807) is 36.4 Å². The number of benzene rings is 2. The first-order valence-electron chi connectivity index (χ1n) is 7.89. The first kappa shape index (κ1) is 17.4. The predicted octanol–water partition coefficient (Wildman–Crippen LogP) is 2.62. The Hall–Kier alpha value is -3.41. The van der Waals surface area contributed by atoms with Gasteiger partial charge in [0.1, 0.15) is 12.4 Å². The van der Waals surface area contributed by atoms with E-state index in [0.29, 0.717) is 33.6 Å². The predicted molar refractivity (Wildman–Crippen MR) is 93.0 cm³/mol. The van der Waals surface area contributed by atoms with Crippen LogP contribution in [0.2, 0.25) is 0 Å². The van der Waals surface area contributed by atoms with E-state index >= 15 is 0 Å². The zero-order valence-electron chi connectivity index (χ0n) is 14.0. The van der Waals surface area contributed by atoms with E-state index in [1.165, 1.54) is 13.2 Å². The monoisotopic (exact) mass is 352 g/mol. The zero-order chi connectivity index (χ0) is 18.7. The molecule has 0 unspecified atom stereocenters. The molecule has 0 radical (unpaired) electrons. The van der Waals surface area contributed by atoms with E-state index < -0.39 is 11.9 Å². The highest BCUT2D eigenvalue weighted by Gasteiger charge is 2.23. The lowest BCUT2D eigenvalue weighted by atomic mass is 9.95. The Morgan fingerprint density at radius 3 is 2.73 bits per heavy atom. The van der Waals surface area contributed by atoms with E-state index in [2.05, 4.69) is 4.74 Å². The Kier molecular flexibility index (Phi) is 4.84. The van der Waals surface area contributed by atoms with Crippen molar-refractivity contribution in [1.82, 2.24) is 0 Å². The first-order chi connectivity index (χ1) is 12.5. The molecule has 1 heterocycles. The van der Waals surface area contributed by atoms with Gasteiger partial charge in [-0.25, -0.2) is 4.79 Å². The second kappa shape index (κ2) is 7.23. The van der Waals surface area contributed by atoms with Gasteiger partial charge in [0.25, 0.3) is 0 Å². The Bertz CT molecular complexity index is 926. The van der Waals surface area contributed by atoms with Crippen LogP contribution in [-0.4, -0.2) is 29.9 Å². The molecule has 2 aromatic carbocycles. The summed E-state index contributed by atoms with van der Waals surface area (Å²) < 4.78 is 10.4. The molecule has 0 bridgehead atoms. The molecular weight excluding hydrogens is 336 g/mol. The van der Waals surface area contributed by atoms with Gasteiger partial charge in [-0.2, -0.15) is 0 Å². The number of hydrogen-bond acceptors (Lipinski definition) is 5. The molecule has 1 aliphatic rings. The summed E-state index contributed by atoms with van der Waals surface area (Å²) in [6.45, 7) is 0.230. The Morgan fingerprint density at radius 1 is 1.19 bits per heavy atom. The maximum absolute atomic E-state index is 13.0. The number of hydrogen-bond donors (Lipinski definition) is 1. The average molecular weight is 352 g/mol. The molecule has 0 atom stereocenters. The van der Waals surface area contributed by atoms with Crippen LogP contribution in [0.25, 0.3) is 6.08 Å². The van der Waals surface area contributed by atoms with Crippen molar-refractivity contribution < 1.29 is 29.0 Å². The van der Waals surface area contributed by atoms with Gasteiger partial charge in [-0.3, -0.25) is 9.59 Å². The van der Waals surface area contributed by atoms with E-state index in [1.807, 2.05) is 0 Å². The summed E-state index contributed by atoms with van der Waals surface area (Å²) in [7, 11) is 1.31. The standard InChI is InChI=1S/C20H16O6/c1-25-19(23)10-13-3-6-17-16(9-13)20(24)15-8-12(4-7-18(21)22)2-5-14(15)11-26-17/h2-9H,10-11H2,1H3,(H,21,22)/b7-4+. The number of rotatable bonds is 4. The molecule has 2 aromatic rings. The van der Waals surface area contributed by atoms with Crippen molar-refractivity contribution in [2.24, 2.45) is 0 Å². The molecular formula is C20H16O6. The zero-order valence-corrected chi connectivity index (χ0v) is 14.0. The summed E-state index contributed by atoms with van der Waals surface area (Å²) in [5, 5.41) is 8.75. The lowest BCUT2D eigenvalue weighted by molar-refractivity contribution is -0.139. The molecule has 3 rings (SSSR count). The number of aliphatic carboxylic acids is 1. The quantitative estimate of drug-likeness (QED) is 0.672. The Balaban J connectivity index is 2.00. The minimum atomic E-state index is -1.06. The molecule has 0 saturated carbocycles. The molecule has 6 heteroatoms. The second-order valence-electron chi connectivity index (χ2n) is 5.79. The first-order valence-corrected chi connectivity index (χ1v) is 7.89. The smallest absolute Gasteiger partial charge is 0.328 e. The molecule has 0 aliphatic carbocycles. The highest BCUT2D eigenvalue weighted by atomic mass is 16.5. The van der Waals surface area contributed by atoms with Crippen molar-refractivity contribution >= 4 is 23.8 Å². The molecule has 1 aliphatic heterocycles. The van der Waals surface area contributed by atoms with Crippen molar-refractivity contribution in [3.8, 4) is 5.75 Å². The summed E-state index contributed by atoms with van der Waals surface area (Å²) in [4.78, 5) is 35.1. The lowest BCUT2D eigenvalue weighted by Crippen LogP contribution is -2.07. The maximum Gasteiger partial charge on any atom is 0.328 e. The third-order valence-electron chi connectivity index (χ3n) is 4.04.